The Bertz CT molecular complexity index is 338. The summed E-state index contributed by atoms with van der Waals surface area (Å²) in [4.78, 5) is 23.3. The lowest BCUT2D eigenvalue weighted by atomic mass is 9.54. The van der Waals surface area contributed by atoms with Crippen molar-refractivity contribution in [3.63, 3.8) is 0 Å². The molecule has 2 unspecified atom stereocenters. The zero-order valence-electron chi connectivity index (χ0n) is 12.2. The van der Waals surface area contributed by atoms with E-state index in [1.54, 1.807) is 0 Å². The molecular formula is C14H24O4. The Morgan fingerprint density at radius 1 is 1.28 bits per heavy atom. The van der Waals surface area contributed by atoms with Crippen molar-refractivity contribution in [3.05, 3.63) is 0 Å². The van der Waals surface area contributed by atoms with Gasteiger partial charge in [0, 0.05) is 6.42 Å². The molecule has 1 fully saturated rings. The molecule has 4 heteroatoms. The second-order valence-corrected chi connectivity index (χ2v) is 6.62. The number of hydrogen-bond acceptors (Lipinski definition) is 4. The van der Waals surface area contributed by atoms with Gasteiger partial charge in [-0.15, -0.1) is 0 Å². The molecule has 2 atom stereocenters. The van der Waals surface area contributed by atoms with Crippen molar-refractivity contribution in [2.75, 3.05) is 7.11 Å². The van der Waals surface area contributed by atoms with E-state index in [1.807, 2.05) is 34.6 Å². The van der Waals surface area contributed by atoms with Crippen molar-refractivity contribution in [1.29, 1.82) is 0 Å². The van der Waals surface area contributed by atoms with Crippen LogP contribution in [-0.2, 0) is 19.1 Å². The number of rotatable bonds is 3. The van der Waals surface area contributed by atoms with E-state index in [4.69, 9.17) is 9.47 Å². The molecule has 0 aliphatic heterocycles. The maximum absolute atomic E-state index is 11.8. The lowest BCUT2D eigenvalue weighted by Gasteiger charge is -2.50. The maximum Gasteiger partial charge on any atom is 0.309 e. The molecule has 0 spiro atoms. The largest absolute Gasteiger partial charge is 0.469 e. The molecule has 1 rings (SSSR count). The first kappa shape index (κ1) is 15.0. The molecule has 0 aromatic carbocycles. The Morgan fingerprint density at radius 2 is 1.83 bits per heavy atom. The van der Waals surface area contributed by atoms with E-state index in [0.29, 0.717) is 12.8 Å². The van der Waals surface area contributed by atoms with Crippen molar-refractivity contribution in [3.8, 4) is 0 Å². The third kappa shape index (κ3) is 3.24. The average Bonchev–Trinajstić information content (AvgIpc) is 2.20. The van der Waals surface area contributed by atoms with E-state index in [0.717, 1.165) is 0 Å². The van der Waals surface area contributed by atoms with Crippen LogP contribution in [0, 0.1) is 17.3 Å². The summed E-state index contributed by atoms with van der Waals surface area (Å²) in [5.74, 6) is -0.282. The Labute approximate surface area is 109 Å². The maximum atomic E-state index is 11.8. The fraction of sp³-hybridized carbons (Fsp3) is 0.857. The monoisotopic (exact) mass is 256 g/mol. The van der Waals surface area contributed by atoms with Gasteiger partial charge < -0.3 is 9.47 Å². The summed E-state index contributed by atoms with van der Waals surface area (Å²) in [7, 11) is 1.40. The third-order valence-corrected chi connectivity index (χ3v) is 3.79. The van der Waals surface area contributed by atoms with Crippen molar-refractivity contribution in [1.82, 2.24) is 0 Å². The third-order valence-electron chi connectivity index (χ3n) is 3.79. The summed E-state index contributed by atoms with van der Waals surface area (Å²) in [5, 5.41) is 0. The van der Waals surface area contributed by atoms with E-state index in [1.165, 1.54) is 7.11 Å². The normalized spacial score (nSPS) is 26.1. The van der Waals surface area contributed by atoms with Crippen LogP contribution < -0.4 is 0 Å². The highest BCUT2D eigenvalue weighted by Crippen LogP contribution is 2.53. The molecule has 1 saturated carbocycles. The molecule has 0 aromatic rings. The summed E-state index contributed by atoms with van der Waals surface area (Å²) < 4.78 is 10.1. The zero-order valence-corrected chi connectivity index (χ0v) is 12.2. The van der Waals surface area contributed by atoms with E-state index >= 15 is 0 Å². The van der Waals surface area contributed by atoms with Gasteiger partial charge in [0.2, 0.25) is 0 Å². The highest BCUT2D eigenvalue weighted by atomic mass is 16.6. The van der Waals surface area contributed by atoms with Crippen LogP contribution in [0.25, 0.3) is 0 Å². The molecule has 1 aliphatic rings. The van der Waals surface area contributed by atoms with Gasteiger partial charge in [-0.05, 0) is 38.5 Å². The number of methoxy groups -OCH3 is 1. The summed E-state index contributed by atoms with van der Waals surface area (Å²) in [5.41, 5.74) is -0.642. The van der Waals surface area contributed by atoms with Gasteiger partial charge in [0.15, 0.2) is 0 Å². The van der Waals surface area contributed by atoms with Crippen LogP contribution in [0.1, 0.15) is 47.5 Å². The minimum atomic E-state index is -0.452. The van der Waals surface area contributed by atoms with Crippen LogP contribution in [0.15, 0.2) is 0 Å². The molecule has 0 N–H and O–H groups in total. The fourth-order valence-electron chi connectivity index (χ4n) is 2.49. The standard InChI is InChI=1S/C14H24O4/c1-13(2,3)18-11(15)8-9-7-10(12(16)17-6)14(9,4)5/h9-10H,7-8H2,1-6H3. The van der Waals surface area contributed by atoms with Gasteiger partial charge in [-0.3, -0.25) is 9.59 Å². The van der Waals surface area contributed by atoms with Gasteiger partial charge in [-0.1, -0.05) is 13.8 Å². The first-order valence-corrected chi connectivity index (χ1v) is 6.37. The minimum Gasteiger partial charge on any atom is -0.469 e. The second kappa shape index (κ2) is 4.90. The number of esters is 2. The lowest BCUT2D eigenvalue weighted by Crippen LogP contribution is -2.50. The quantitative estimate of drug-likeness (QED) is 0.728. The highest BCUT2D eigenvalue weighted by Gasteiger charge is 2.53. The fourth-order valence-corrected chi connectivity index (χ4v) is 2.49. The molecule has 0 saturated heterocycles. The molecule has 18 heavy (non-hydrogen) atoms. The molecule has 0 aromatic heterocycles. The van der Waals surface area contributed by atoms with E-state index < -0.39 is 5.60 Å². The summed E-state index contributed by atoms with van der Waals surface area (Å²) >= 11 is 0. The number of carbonyl (C=O) groups is 2. The van der Waals surface area contributed by atoms with E-state index in [9.17, 15) is 9.59 Å². The van der Waals surface area contributed by atoms with E-state index in [2.05, 4.69) is 0 Å². The predicted molar refractivity (Wildman–Crippen MR) is 67.9 cm³/mol. The SMILES string of the molecule is COC(=O)C1CC(CC(=O)OC(C)(C)C)C1(C)C. The van der Waals surface area contributed by atoms with Gasteiger partial charge in [0.05, 0.1) is 13.0 Å². The number of carbonyl (C=O) groups excluding carboxylic acids is 2. The van der Waals surface area contributed by atoms with Crippen LogP contribution in [0.5, 0.6) is 0 Å². The Kier molecular flexibility index (Phi) is 4.08. The lowest BCUT2D eigenvalue weighted by molar-refractivity contribution is -0.171. The molecule has 0 amide bonds. The van der Waals surface area contributed by atoms with Gasteiger partial charge in [-0.2, -0.15) is 0 Å². The van der Waals surface area contributed by atoms with Crippen LogP contribution in [-0.4, -0.2) is 24.6 Å². The molecule has 0 bridgehead atoms. The Balaban J connectivity index is 2.52. The highest BCUT2D eigenvalue weighted by molar-refractivity contribution is 5.76. The van der Waals surface area contributed by atoms with Crippen molar-refractivity contribution in [2.45, 2.75) is 53.1 Å². The summed E-state index contributed by atoms with van der Waals surface area (Å²) in [6.07, 6.45) is 1.08. The van der Waals surface area contributed by atoms with Crippen LogP contribution in [0.2, 0.25) is 0 Å². The number of hydrogen-bond donors (Lipinski definition) is 0. The number of ether oxygens (including phenoxy) is 2. The molecule has 0 heterocycles. The van der Waals surface area contributed by atoms with Crippen molar-refractivity contribution < 1.29 is 19.1 Å². The van der Waals surface area contributed by atoms with Crippen molar-refractivity contribution in [2.24, 2.45) is 17.3 Å². The van der Waals surface area contributed by atoms with Gasteiger partial charge in [-0.25, -0.2) is 0 Å². The van der Waals surface area contributed by atoms with Crippen LogP contribution in [0.4, 0.5) is 0 Å². The topological polar surface area (TPSA) is 52.6 Å². The van der Waals surface area contributed by atoms with Gasteiger partial charge in [0.1, 0.15) is 5.60 Å². The molecule has 1 aliphatic carbocycles. The average molecular weight is 256 g/mol. The molecule has 4 nitrogen and oxygen atoms in total. The first-order valence-electron chi connectivity index (χ1n) is 6.37. The van der Waals surface area contributed by atoms with E-state index in [-0.39, 0.29) is 29.2 Å². The Hall–Kier alpha value is -1.06. The molecular weight excluding hydrogens is 232 g/mol. The summed E-state index contributed by atoms with van der Waals surface area (Å²) in [6, 6.07) is 0. The minimum absolute atomic E-state index is 0.102. The van der Waals surface area contributed by atoms with Crippen LogP contribution >= 0.6 is 0 Å². The van der Waals surface area contributed by atoms with Gasteiger partial charge in [0.25, 0.3) is 0 Å². The second-order valence-electron chi connectivity index (χ2n) is 6.62. The molecule has 0 radical (unpaired) electrons. The van der Waals surface area contributed by atoms with Crippen molar-refractivity contribution >= 4 is 11.9 Å². The first-order chi connectivity index (χ1) is 8.08. The zero-order chi connectivity index (χ0) is 14.1. The smallest absolute Gasteiger partial charge is 0.309 e. The predicted octanol–water partition coefficient (Wildman–Crippen LogP) is 2.55. The van der Waals surface area contributed by atoms with Gasteiger partial charge >= 0.3 is 11.9 Å². The van der Waals surface area contributed by atoms with Crippen LogP contribution in [0.3, 0.4) is 0 Å². The Morgan fingerprint density at radius 3 is 2.22 bits per heavy atom. The summed E-state index contributed by atoms with van der Waals surface area (Å²) in [6.45, 7) is 9.58. The molecule has 104 valence electrons.